The maximum atomic E-state index is 13.1. The monoisotopic (exact) mass is 793 g/mol. The maximum Gasteiger partial charge on any atom is 0.311 e. The first-order chi connectivity index (χ1) is 26.9. The first kappa shape index (κ1) is 54.9. The van der Waals surface area contributed by atoms with Gasteiger partial charge in [-0.2, -0.15) is 0 Å². The number of esters is 2. The number of unbranched alkanes of at least 4 members (excludes halogenated alkanes) is 20. The predicted octanol–water partition coefficient (Wildman–Crippen LogP) is 16.1. The summed E-state index contributed by atoms with van der Waals surface area (Å²) in [6.07, 6.45) is 39.6. The van der Waals surface area contributed by atoms with Crippen LogP contribution in [0.15, 0.2) is 0 Å². The molecule has 0 aliphatic carbocycles. The molecule has 0 spiro atoms. The molecular weight excluding hydrogens is 693 g/mol. The highest BCUT2D eigenvalue weighted by atomic mass is 16.5. The van der Waals surface area contributed by atoms with Crippen molar-refractivity contribution >= 4 is 11.9 Å². The zero-order chi connectivity index (χ0) is 41.8. The van der Waals surface area contributed by atoms with Gasteiger partial charge < -0.3 is 14.6 Å². The highest BCUT2D eigenvalue weighted by Crippen LogP contribution is 2.29. The SMILES string of the molecule is CCCCCCCC(CCCCCCC)COC(=O)C(C)(C)CCCCCC(O)CCCCCC(C)(C)C(=O)OCC(CCCCCCC)CCCCCCC. The number of aliphatic hydroxyl groups is 1. The van der Waals surface area contributed by atoms with E-state index >= 15 is 0 Å². The first-order valence-corrected chi connectivity index (χ1v) is 25.0. The number of aliphatic hydroxyl groups excluding tert-OH is 1. The number of rotatable bonds is 42. The molecule has 334 valence electrons. The Morgan fingerprint density at radius 1 is 0.393 bits per heavy atom. The average Bonchev–Trinajstić information content (AvgIpc) is 3.17. The quantitative estimate of drug-likeness (QED) is 0.0492. The lowest BCUT2D eigenvalue weighted by Crippen LogP contribution is -2.28. The van der Waals surface area contributed by atoms with Crippen LogP contribution in [0.5, 0.6) is 0 Å². The van der Waals surface area contributed by atoms with E-state index in [9.17, 15) is 14.7 Å². The molecule has 0 aromatic carbocycles. The summed E-state index contributed by atoms with van der Waals surface area (Å²) in [5.41, 5.74) is -0.926. The molecule has 0 aromatic rings. The van der Waals surface area contributed by atoms with Gasteiger partial charge in [0.05, 0.1) is 30.1 Å². The van der Waals surface area contributed by atoms with Crippen LogP contribution in [0.25, 0.3) is 0 Å². The fourth-order valence-corrected chi connectivity index (χ4v) is 8.14. The van der Waals surface area contributed by atoms with E-state index in [1.54, 1.807) is 0 Å². The summed E-state index contributed by atoms with van der Waals surface area (Å²) in [7, 11) is 0. The summed E-state index contributed by atoms with van der Waals surface area (Å²) in [6, 6.07) is 0. The van der Waals surface area contributed by atoms with E-state index in [1.807, 2.05) is 27.7 Å². The number of ether oxygens (including phenoxy) is 2. The average molecular weight is 793 g/mol. The molecule has 0 aliphatic rings. The minimum atomic E-state index is -0.463. The maximum absolute atomic E-state index is 13.1. The van der Waals surface area contributed by atoms with Gasteiger partial charge in [-0.3, -0.25) is 9.59 Å². The van der Waals surface area contributed by atoms with Crippen molar-refractivity contribution in [2.24, 2.45) is 22.7 Å². The van der Waals surface area contributed by atoms with E-state index in [-0.39, 0.29) is 18.0 Å². The van der Waals surface area contributed by atoms with Crippen LogP contribution < -0.4 is 0 Å². The molecule has 0 radical (unpaired) electrons. The van der Waals surface area contributed by atoms with Crippen molar-refractivity contribution in [3.8, 4) is 0 Å². The molecule has 1 N–H and O–H groups in total. The second-order valence-electron chi connectivity index (χ2n) is 19.4. The zero-order valence-electron chi connectivity index (χ0n) is 39.3. The Balaban J connectivity index is 4.37. The molecule has 0 atom stereocenters. The first-order valence-electron chi connectivity index (χ1n) is 25.0. The number of hydrogen-bond donors (Lipinski definition) is 1. The summed E-state index contributed by atoms with van der Waals surface area (Å²) >= 11 is 0. The summed E-state index contributed by atoms with van der Waals surface area (Å²) in [4.78, 5) is 26.3. The molecule has 5 heteroatoms. The van der Waals surface area contributed by atoms with Crippen molar-refractivity contribution in [2.45, 2.75) is 280 Å². The van der Waals surface area contributed by atoms with Gasteiger partial charge in [0, 0.05) is 0 Å². The number of hydrogen-bond acceptors (Lipinski definition) is 5. The van der Waals surface area contributed by atoms with Crippen molar-refractivity contribution in [1.82, 2.24) is 0 Å². The minimum absolute atomic E-state index is 0.0403. The summed E-state index contributed by atoms with van der Waals surface area (Å²) in [6.45, 7) is 18.4. The Morgan fingerprint density at radius 2 is 0.643 bits per heavy atom. The number of carbonyl (C=O) groups excluding carboxylic acids is 2. The lowest BCUT2D eigenvalue weighted by atomic mass is 9.86. The van der Waals surface area contributed by atoms with Crippen LogP contribution in [-0.4, -0.2) is 36.4 Å². The van der Waals surface area contributed by atoms with Crippen LogP contribution in [0.1, 0.15) is 274 Å². The van der Waals surface area contributed by atoms with Crippen LogP contribution in [0.3, 0.4) is 0 Å². The van der Waals surface area contributed by atoms with Crippen LogP contribution in [0, 0.1) is 22.7 Å². The second kappa shape index (κ2) is 36.9. The molecule has 0 aromatic heterocycles. The van der Waals surface area contributed by atoms with E-state index in [2.05, 4.69) is 27.7 Å². The molecule has 56 heavy (non-hydrogen) atoms. The third-order valence-electron chi connectivity index (χ3n) is 12.5. The van der Waals surface area contributed by atoms with Crippen LogP contribution in [-0.2, 0) is 19.1 Å². The van der Waals surface area contributed by atoms with Crippen LogP contribution in [0.4, 0.5) is 0 Å². The van der Waals surface area contributed by atoms with Gasteiger partial charge in [0.25, 0.3) is 0 Å². The molecule has 0 aliphatic heterocycles. The van der Waals surface area contributed by atoms with Crippen LogP contribution >= 0.6 is 0 Å². The van der Waals surface area contributed by atoms with Gasteiger partial charge in [-0.05, 0) is 90.9 Å². The van der Waals surface area contributed by atoms with Crippen molar-refractivity contribution < 1.29 is 24.2 Å². The van der Waals surface area contributed by atoms with Crippen molar-refractivity contribution in [2.75, 3.05) is 13.2 Å². The lowest BCUT2D eigenvalue weighted by Gasteiger charge is -2.25. The van der Waals surface area contributed by atoms with E-state index < -0.39 is 10.8 Å². The molecule has 0 saturated heterocycles. The normalized spacial score (nSPS) is 12.4. The summed E-state index contributed by atoms with van der Waals surface area (Å²) < 4.78 is 12.0. The largest absolute Gasteiger partial charge is 0.465 e. The number of carbonyl (C=O) groups is 2. The fourth-order valence-electron chi connectivity index (χ4n) is 8.14. The Labute approximate surface area is 350 Å². The van der Waals surface area contributed by atoms with Gasteiger partial charge in [-0.25, -0.2) is 0 Å². The van der Waals surface area contributed by atoms with Gasteiger partial charge in [-0.1, -0.05) is 195 Å². The fraction of sp³-hybridized carbons (Fsp3) is 0.961. The third kappa shape index (κ3) is 31.8. The zero-order valence-corrected chi connectivity index (χ0v) is 39.3. The van der Waals surface area contributed by atoms with Crippen molar-refractivity contribution in [3.63, 3.8) is 0 Å². The molecule has 5 nitrogen and oxygen atoms in total. The predicted molar refractivity (Wildman–Crippen MR) is 242 cm³/mol. The van der Waals surface area contributed by atoms with Gasteiger partial charge >= 0.3 is 11.9 Å². The molecule has 0 saturated carbocycles. The van der Waals surface area contributed by atoms with Crippen LogP contribution in [0.2, 0.25) is 0 Å². The summed E-state index contributed by atoms with van der Waals surface area (Å²) in [5.74, 6) is 0.910. The Bertz CT molecular complexity index is 784. The molecule has 0 unspecified atom stereocenters. The van der Waals surface area contributed by atoms with Gasteiger partial charge in [0.2, 0.25) is 0 Å². The molecule has 0 fully saturated rings. The Hall–Kier alpha value is -1.10. The Kier molecular flexibility index (Phi) is 36.2. The van der Waals surface area contributed by atoms with Gasteiger partial charge in [-0.15, -0.1) is 0 Å². The molecule has 0 bridgehead atoms. The second-order valence-corrected chi connectivity index (χ2v) is 19.4. The topological polar surface area (TPSA) is 72.8 Å². The standard InChI is InChI=1S/C51H100O5/c1-9-13-17-21-27-35-45(36-28-22-18-14-10-2)43-55-48(53)50(5,6)41-33-25-31-39-47(52)40-32-26-34-42-51(7,8)49(54)56-44-46(37-29-23-19-15-11-3)38-30-24-20-16-12-4/h45-47,52H,9-44H2,1-8H3. The summed E-state index contributed by atoms with van der Waals surface area (Å²) in [5, 5.41) is 10.7. The molecule has 0 rings (SSSR count). The minimum Gasteiger partial charge on any atom is -0.465 e. The third-order valence-corrected chi connectivity index (χ3v) is 12.5. The van der Waals surface area contributed by atoms with Crippen molar-refractivity contribution in [1.29, 1.82) is 0 Å². The highest BCUT2D eigenvalue weighted by Gasteiger charge is 2.30. The van der Waals surface area contributed by atoms with E-state index in [0.717, 1.165) is 64.2 Å². The van der Waals surface area contributed by atoms with Crippen molar-refractivity contribution in [3.05, 3.63) is 0 Å². The Morgan fingerprint density at radius 3 is 0.929 bits per heavy atom. The molecular formula is C51H100O5. The highest BCUT2D eigenvalue weighted by molar-refractivity contribution is 5.76. The smallest absolute Gasteiger partial charge is 0.311 e. The lowest BCUT2D eigenvalue weighted by molar-refractivity contribution is -0.156. The van der Waals surface area contributed by atoms with E-state index in [4.69, 9.17) is 9.47 Å². The molecule has 0 amide bonds. The molecule has 0 heterocycles. The van der Waals surface area contributed by atoms with Gasteiger partial charge in [0.15, 0.2) is 0 Å². The van der Waals surface area contributed by atoms with Gasteiger partial charge in [0.1, 0.15) is 0 Å². The van der Waals surface area contributed by atoms with E-state index in [0.29, 0.717) is 25.0 Å². The van der Waals surface area contributed by atoms with E-state index in [1.165, 1.54) is 154 Å².